The van der Waals surface area contributed by atoms with Gasteiger partial charge in [-0.1, -0.05) is 0 Å². The van der Waals surface area contributed by atoms with Crippen LogP contribution in [0.4, 0.5) is 0 Å². The summed E-state index contributed by atoms with van der Waals surface area (Å²) >= 11 is 0. The average molecular weight is 270 g/mol. The van der Waals surface area contributed by atoms with Gasteiger partial charge in [-0.3, -0.25) is 9.59 Å². The van der Waals surface area contributed by atoms with Crippen LogP contribution in [0.5, 0.6) is 0 Å². The fourth-order valence-electron chi connectivity index (χ4n) is 2.69. The van der Waals surface area contributed by atoms with E-state index in [4.69, 9.17) is 4.74 Å². The van der Waals surface area contributed by atoms with E-state index in [1.807, 2.05) is 0 Å². The first-order valence-corrected chi connectivity index (χ1v) is 6.83. The van der Waals surface area contributed by atoms with Crippen molar-refractivity contribution < 1.29 is 19.4 Å². The second-order valence-corrected chi connectivity index (χ2v) is 5.76. The van der Waals surface area contributed by atoms with Crippen molar-refractivity contribution >= 4 is 11.9 Å². The molecule has 2 rings (SSSR count). The normalized spacial score (nSPS) is 32.2. The Kier molecular flexibility index (Phi) is 4.42. The summed E-state index contributed by atoms with van der Waals surface area (Å²) in [5.41, 5.74) is -1.01. The second-order valence-electron chi connectivity index (χ2n) is 5.76. The van der Waals surface area contributed by atoms with Gasteiger partial charge in [0, 0.05) is 6.42 Å². The van der Waals surface area contributed by atoms with Gasteiger partial charge >= 0.3 is 5.97 Å². The Labute approximate surface area is 112 Å². The minimum absolute atomic E-state index is 0.0603. The van der Waals surface area contributed by atoms with Crippen LogP contribution in [-0.4, -0.2) is 49.3 Å². The predicted molar refractivity (Wildman–Crippen MR) is 68.7 cm³/mol. The molecule has 1 amide bonds. The largest absolute Gasteiger partial charge is 0.481 e. The minimum Gasteiger partial charge on any atom is -0.481 e. The Hall–Kier alpha value is -1.14. The van der Waals surface area contributed by atoms with E-state index >= 15 is 0 Å². The first-order chi connectivity index (χ1) is 9.02. The molecule has 6 nitrogen and oxygen atoms in total. The lowest BCUT2D eigenvalue weighted by atomic mass is 9.85. The highest BCUT2D eigenvalue weighted by molar-refractivity contribution is 5.80. The molecule has 0 aromatic rings. The molecule has 2 saturated heterocycles. The Bertz CT molecular complexity index is 355. The van der Waals surface area contributed by atoms with Crippen molar-refractivity contribution in [2.24, 2.45) is 11.3 Å². The number of aliphatic carboxylic acids is 1. The summed E-state index contributed by atoms with van der Waals surface area (Å²) in [5.74, 6) is -0.577. The first-order valence-electron chi connectivity index (χ1n) is 6.83. The van der Waals surface area contributed by atoms with Crippen LogP contribution in [-0.2, 0) is 14.3 Å². The van der Waals surface area contributed by atoms with Gasteiger partial charge in [0.1, 0.15) is 5.41 Å². The summed E-state index contributed by atoms with van der Waals surface area (Å²) in [6, 6.07) is -0.431. The summed E-state index contributed by atoms with van der Waals surface area (Å²) < 4.78 is 5.22. The third-order valence-corrected chi connectivity index (χ3v) is 4.21. The summed E-state index contributed by atoms with van der Waals surface area (Å²) in [6.45, 7) is 3.97. The molecule has 0 aromatic heterocycles. The number of rotatable bonds is 4. The maximum Gasteiger partial charge on any atom is 0.313 e. The van der Waals surface area contributed by atoms with E-state index in [2.05, 4.69) is 10.6 Å². The summed E-state index contributed by atoms with van der Waals surface area (Å²) in [5, 5.41) is 15.3. The predicted octanol–water partition coefficient (Wildman–Crippen LogP) is -0.0180. The van der Waals surface area contributed by atoms with Gasteiger partial charge in [-0.2, -0.15) is 0 Å². The number of hydrogen-bond acceptors (Lipinski definition) is 4. The lowest BCUT2D eigenvalue weighted by molar-refractivity contribution is -0.149. The van der Waals surface area contributed by atoms with Gasteiger partial charge in [-0.25, -0.2) is 0 Å². The number of hydrogen-bond donors (Lipinski definition) is 3. The standard InChI is InChI=1S/C13H22N2O4/c1-13(12(17)18)8-19-7-10(13)15-11(16)6-9-2-4-14-5-3-9/h9-10,14H,2-8H2,1H3,(H,15,16)(H,17,18). The lowest BCUT2D eigenvalue weighted by Gasteiger charge is -2.27. The molecule has 0 spiro atoms. The van der Waals surface area contributed by atoms with Crippen LogP contribution in [0.2, 0.25) is 0 Å². The number of nitrogens with one attached hydrogen (secondary N) is 2. The molecule has 0 aliphatic carbocycles. The molecule has 2 atom stereocenters. The maximum absolute atomic E-state index is 12.0. The van der Waals surface area contributed by atoms with Crippen molar-refractivity contribution in [3.63, 3.8) is 0 Å². The Morgan fingerprint density at radius 2 is 2.11 bits per heavy atom. The molecule has 2 unspecified atom stereocenters. The van der Waals surface area contributed by atoms with Gasteiger partial charge < -0.3 is 20.5 Å². The van der Waals surface area contributed by atoms with E-state index in [0.29, 0.717) is 12.3 Å². The molecule has 0 saturated carbocycles. The van der Waals surface area contributed by atoms with E-state index in [1.54, 1.807) is 6.92 Å². The SMILES string of the molecule is CC1(C(=O)O)COCC1NC(=O)CC1CCNCC1. The van der Waals surface area contributed by atoms with Crippen molar-refractivity contribution in [3.05, 3.63) is 0 Å². The van der Waals surface area contributed by atoms with E-state index < -0.39 is 17.4 Å². The number of piperidine rings is 1. The molecule has 2 aliphatic heterocycles. The lowest BCUT2D eigenvalue weighted by Crippen LogP contribution is -2.50. The third kappa shape index (κ3) is 3.25. The highest BCUT2D eigenvalue weighted by atomic mass is 16.5. The molecular weight excluding hydrogens is 248 g/mol. The third-order valence-electron chi connectivity index (χ3n) is 4.21. The van der Waals surface area contributed by atoms with Crippen LogP contribution < -0.4 is 10.6 Å². The van der Waals surface area contributed by atoms with Crippen molar-refractivity contribution in [2.75, 3.05) is 26.3 Å². The molecule has 19 heavy (non-hydrogen) atoms. The Balaban J connectivity index is 1.86. The number of amides is 1. The van der Waals surface area contributed by atoms with Crippen molar-refractivity contribution in [2.45, 2.75) is 32.2 Å². The number of carbonyl (C=O) groups excluding carboxylic acids is 1. The molecule has 6 heteroatoms. The molecule has 3 N–H and O–H groups in total. The van der Waals surface area contributed by atoms with E-state index in [-0.39, 0.29) is 19.1 Å². The number of carboxylic acid groups (broad SMARTS) is 1. The topological polar surface area (TPSA) is 87.7 Å². The zero-order chi connectivity index (χ0) is 13.9. The van der Waals surface area contributed by atoms with Gasteiger partial charge in [0.25, 0.3) is 0 Å². The van der Waals surface area contributed by atoms with Crippen LogP contribution in [0.15, 0.2) is 0 Å². The molecule has 2 fully saturated rings. The zero-order valence-electron chi connectivity index (χ0n) is 11.3. The maximum atomic E-state index is 12.0. The number of carboxylic acids is 1. The summed E-state index contributed by atoms with van der Waals surface area (Å²) in [6.07, 6.45) is 2.49. The van der Waals surface area contributed by atoms with Crippen molar-refractivity contribution in [3.8, 4) is 0 Å². The fraction of sp³-hybridized carbons (Fsp3) is 0.846. The Morgan fingerprint density at radius 3 is 2.74 bits per heavy atom. The molecule has 0 bridgehead atoms. The highest BCUT2D eigenvalue weighted by Gasteiger charge is 2.47. The zero-order valence-corrected chi connectivity index (χ0v) is 11.3. The number of ether oxygens (including phenoxy) is 1. The van der Waals surface area contributed by atoms with Gasteiger partial charge in [-0.05, 0) is 38.8 Å². The van der Waals surface area contributed by atoms with Crippen LogP contribution >= 0.6 is 0 Å². The van der Waals surface area contributed by atoms with Crippen LogP contribution in [0.3, 0.4) is 0 Å². The molecule has 0 radical (unpaired) electrons. The highest BCUT2D eigenvalue weighted by Crippen LogP contribution is 2.29. The molecular formula is C13H22N2O4. The van der Waals surface area contributed by atoms with Crippen LogP contribution in [0.25, 0.3) is 0 Å². The summed E-state index contributed by atoms with van der Waals surface area (Å²) in [7, 11) is 0. The van der Waals surface area contributed by atoms with Crippen LogP contribution in [0.1, 0.15) is 26.2 Å². The smallest absolute Gasteiger partial charge is 0.313 e. The van der Waals surface area contributed by atoms with Gasteiger partial charge in [0.05, 0.1) is 19.3 Å². The van der Waals surface area contributed by atoms with Gasteiger partial charge in [0.15, 0.2) is 0 Å². The minimum atomic E-state index is -1.01. The van der Waals surface area contributed by atoms with E-state index in [1.165, 1.54) is 0 Å². The van der Waals surface area contributed by atoms with Gasteiger partial charge in [0.2, 0.25) is 5.91 Å². The van der Waals surface area contributed by atoms with Crippen molar-refractivity contribution in [1.29, 1.82) is 0 Å². The van der Waals surface area contributed by atoms with E-state index in [0.717, 1.165) is 25.9 Å². The Morgan fingerprint density at radius 1 is 1.42 bits per heavy atom. The van der Waals surface area contributed by atoms with E-state index in [9.17, 15) is 14.7 Å². The monoisotopic (exact) mass is 270 g/mol. The molecule has 0 aromatic carbocycles. The fourth-order valence-corrected chi connectivity index (χ4v) is 2.69. The first kappa shape index (κ1) is 14.3. The van der Waals surface area contributed by atoms with Crippen molar-refractivity contribution in [1.82, 2.24) is 10.6 Å². The average Bonchev–Trinajstić information content (AvgIpc) is 2.73. The molecule has 108 valence electrons. The summed E-state index contributed by atoms with van der Waals surface area (Å²) in [4.78, 5) is 23.3. The number of carbonyl (C=O) groups is 2. The van der Waals surface area contributed by atoms with Gasteiger partial charge in [-0.15, -0.1) is 0 Å². The molecule has 2 aliphatic rings. The quantitative estimate of drug-likeness (QED) is 0.668. The van der Waals surface area contributed by atoms with Crippen LogP contribution in [0, 0.1) is 11.3 Å². The molecule has 2 heterocycles. The second kappa shape index (κ2) is 5.88.